The molecule has 0 aliphatic carbocycles. The second kappa shape index (κ2) is 9.66. The molecule has 0 spiro atoms. The van der Waals surface area contributed by atoms with E-state index < -0.39 is 44.8 Å². The zero-order valence-electron chi connectivity index (χ0n) is 19.9. The fourth-order valence-corrected chi connectivity index (χ4v) is 4.93. The minimum Gasteiger partial charge on any atom is -0.476 e. The van der Waals surface area contributed by atoms with Crippen molar-refractivity contribution in [1.82, 2.24) is 14.7 Å². The highest BCUT2D eigenvalue weighted by molar-refractivity contribution is 7.92. The monoisotopic (exact) mass is 537 g/mol. The van der Waals surface area contributed by atoms with E-state index in [2.05, 4.69) is 11.7 Å². The molecule has 1 aromatic heterocycles. The van der Waals surface area contributed by atoms with Gasteiger partial charge in [-0.2, -0.15) is 18.3 Å². The zero-order valence-corrected chi connectivity index (χ0v) is 20.7. The fourth-order valence-electron chi connectivity index (χ4n) is 3.84. The molecule has 7 nitrogen and oxygen atoms in total. The predicted octanol–water partition coefficient (Wildman–Crippen LogP) is 4.85. The summed E-state index contributed by atoms with van der Waals surface area (Å²) in [6.07, 6.45) is -5.10. The van der Waals surface area contributed by atoms with Gasteiger partial charge in [0.1, 0.15) is 17.3 Å². The van der Waals surface area contributed by atoms with Crippen molar-refractivity contribution in [3.8, 4) is 11.4 Å². The molecule has 0 radical (unpaired) electrons. The predicted molar refractivity (Wildman–Crippen MR) is 127 cm³/mol. The molecular formula is C25H23F4N3O4S. The van der Waals surface area contributed by atoms with Gasteiger partial charge >= 0.3 is 6.18 Å². The summed E-state index contributed by atoms with van der Waals surface area (Å²) in [5.41, 5.74) is 0.971. The van der Waals surface area contributed by atoms with Crippen LogP contribution >= 0.6 is 0 Å². The molecule has 0 bridgehead atoms. The van der Waals surface area contributed by atoms with E-state index >= 15 is 0 Å². The molecule has 2 heterocycles. The average molecular weight is 538 g/mol. The number of hydrogen-bond acceptors (Lipinski definition) is 5. The van der Waals surface area contributed by atoms with E-state index in [1.165, 1.54) is 29.5 Å². The van der Waals surface area contributed by atoms with Crippen LogP contribution in [0.3, 0.4) is 0 Å². The van der Waals surface area contributed by atoms with Crippen LogP contribution in [0.1, 0.15) is 35.5 Å². The van der Waals surface area contributed by atoms with E-state index in [-0.39, 0.29) is 29.2 Å². The summed E-state index contributed by atoms with van der Waals surface area (Å²) in [6.45, 7) is 6.06. The van der Waals surface area contributed by atoms with Gasteiger partial charge in [-0.3, -0.25) is 4.79 Å². The number of sulfone groups is 1. The van der Waals surface area contributed by atoms with Crippen molar-refractivity contribution in [3.05, 3.63) is 84.0 Å². The van der Waals surface area contributed by atoms with Crippen LogP contribution in [0.15, 0.2) is 66.2 Å². The molecular weight excluding hydrogens is 514 g/mol. The number of hydrogen-bond donors (Lipinski definition) is 0. The van der Waals surface area contributed by atoms with Crippen LogP contribution < -0.4 is 4.74 Å². The third-order valence-corrected chi connectivity index (χ3v) is 8.04. The minimum atomic E-state index is -4.80. The maximum Gasteiger partial charge on any atom is 0.429 e. The Labute approximate surface area is 210 Å². The number of ether oxygens (including phenoxy) is 1. The van der Waals surface area contributed by atoms with Gasteiger partial charge in [0, 0.05) is 18.3 Å². The second-order valence-corrected chi connectivity index (χ2v) is 11.2. The van der Waals surface area contributed by atoms with Gasteiger partial charge in [0.15, 0.2) is 9.84 Å². The summed E-state index contributed by atoms with van der Waals surface area (Å²) >= 11 is 0. The molecule has 1 amide bonds. The summed E-state index contributed by atoms with van der Waals surface area (Å²) in [4.78, 5) is 14.5. The Kier molecular flexibility index (Phi) is 6.89. The highest BCUT2D eigenvalue weighted by Crippen LogP contribution is 2.33. The lowest BCUT2D eigenvalue weighted by Crippen LogP contribution is -2.33. The lowest BCUT2D eigenvalue weighted by Gasteiger charge is -2.23. The van der Waals surface area contributed by atoms with Gasteiger partial charge in [-0.1, -0.05) is 18.7 Å². The van der Waals surface area contributed by atoms with E-state index in [9.17, 15) is 30.8 Å². The molecule has 4 rings (SSSR count). The number of halogens is 4. The number of carbonyl (C=O) groups is 1. The van der Waals surface area contributed by atoms with Crippen LogP contribution in [-0.4, -0.2) is 46.5 Å². The molecule has 3 aromatic rings. The largest absolute Gasteiger partial charge is 0.476 e. The van der Waals surface area contributed by atoms with Crippen LogP contribution in [0, 0.1) is 5.82 Å². The molecule has 0 N–H and O–H groups in total. The highest BCUT2D eigenvalue weighted by Gasteiger charge is 2.41. The normalized spacial score (nSPS) is 14.5. The van der Waals surface area contributed by atoms with Crippen LogP contribution in [-0.2, 0) is 22.9 Å². The number of para-hydroxylation sites is 1. The summed E-state index contributed by atoms with van der Waals surface area (Å²) in [5.74, 6) is -1.66. The van der Waals surface area contributed by atoms with Crippen LogP contribution in [0.2, 0.25) is 0 Å². The summed E-state index contributed by atoms with van der Waals surface area (Å²) in [6, 6.07) is 9.20. The fraction of sp³-hybridized carbons (Fsp3) is 0.280. The minimum absolute atomic E-state index is 0.0135. The van der Waals surface area contributed by atoms with Crippen molar-refractivity contribution in [3.63, 3.8) is 0 Å². The maximum absolute atomic E-state index is 14.1. The standard InChI is InChI=1S/C25H23F4N3O4S/c1-4-23(25(27,28)29)36-22-10-9-17(37(34,35)15(2)3)11-18(22)24(33)31-12-16-13-32(30-20(16)14-31)21-8-6-5-7-19(21)26/h4-11,13,15,23H,1,12,14H2,2-3H3. The van der Waals surface area contributed by atoms with E-state index in [0.717, 1.165) is 18.2 Å². The summed E-state index contributed by atoms with van der Waals surface area (Å²) < 4.78 is 86.0. The van der Waals surface area contributed by atoms with Crippen molar-refractivity contribution in [2.75, 3.05) is 0 Å². The Balaban J connectivity index is 1.68. The topological polar surface area (TPSA) is 81.5 Å². The summed E-state index contributed by atoms with van der Waals surface area (Å²) in [7, 11) is -3.84. The first-order chi connectivity index (χ1) is 17.3. The Morgan fingerprint density at radius 1 is 1.16 bits per heavy atom. The van der Waals surface area contributed by atoms with E-state index in [1.807, 2.05) is 0 Å². The van der Waals surface area contributed by atoms with E-state index in [4.69, 9.17) is 4.74 Å². The third kappa shape index (κ3) is 5.10. The SMILES string of the molecule is C=CC(Oc1ccc(S(=O)(=O)C(C)C)cc1C(=O)N1Cc2cn(-c3ccccc3F)nc2C1)C(F)(F)F. The van der Waals surface area contributed by atoms with Crippen molar-refractivity contribution < 1.29 is 35.5 Å². The molecule has 1 atom stereocenters. The zero-order chi connectivity index (χ0) is 27.1. The van der Waals surface area contributed by atoms with Crippen molar-refractivity contribution in [1.29, 1.82) is 0 Å². The Bertz CT molecular complexity index is 1440. The molecule has 2 aromatic carbocycles. The number of nitrogens with zero attached hydrogens (tertiary/aromatic N) is 3. The van der Waals surface area contributed by atoms with Gasteiger partial charge in [0.25, 0.3) is 5.91 Å². The molecule has 196 valence electrons. The molecule has 37 heavy (non-hydrogen) atoms. The smallest absolute Gasteiger partial charge is 0.429 e. The number of alkyl halides is 3. The average Bonchev–Trinajstić information content (AvgIpc) is 3.41. The maximum atomic E-state index is 14.1. The van der Waals surface area contributed by atoms with E-state index in [1.54, 1.807) is 24.4 Å². The first-order valence-corrected chi connectivity index (χ1v) is 12.7. The second-order valence-electron chi connectivity index (χ2n) is 8.73. The number of benzene rings is 2. The number of amides is 1. The number of rotatable bonds is 7. The molecule has 0 fully saturated rings. The van der Waals surface area contributed by atoms with Crippen LogP contribution in [0.5, 0.6) is 5.75 Å². The van der Waals surface area contributed by atoms with Gasteiger partial charge in [-0.15, -0.1) is 0 Å². The molecule has 12 heteroatoms. The van der Waals surface area contributed by atoms with Gasteiger partial charge in [-0.25, -0.2) is 17.5 Å². The first kappa shape index (κ1) is 26.4. The highest BCUT2D eigenvalue weighted by atomic mass is 32.2. The molecule has 1 aliphatic rings. The Morgan fingerprint density at radius 2 is 1.86 bits per heavy atom. The van der Waals surface area contributed by atoms with Crippen LogP contribution in [0.25, 0.3) is 5.69 Å². The first-order valence-electron chi connectivity index (χ1n) is 11.2. The van der Waals surface area contributed by atoms with Gasteiger partial charge < -0.3 is 9.64 Å². The lowest BCUT2D eigenvalue weighted by molar-refractivity contribution is -0.180. The van der Waals surface area contributed by atoms with Gasteiger partial charge in [-0.05, 0) is 50.3 Å². The summed E-state index contributed by atoms with van der Waals surface area (Å²) in [5, 5.41) is 3.51. The van der Waals surface area contributed by atoms with Gasteiger partial charge in [0.2, 0.25) is 6.10 Å². The molecule has 1 unspecified atom stereocenters. The number of aromatic nitrogens is 2. The molecule has 0 saturated heterocycles. The van der Waals surface area contributed by atoms with Crippen LogP contribution in [0.4, 0.5) is 17.6 Å². The number of fused-ring (bicyclic) bond motifs is 1. The van der Waals surface area contributed by atoms with Crippen molar-refractivity contribution >= 4 is 15.7 Å². The van der Waals surface area contributed by atoms with Gasteiger partial charge in [0.05, 0.1) is 27.9 Å². The van der Waals surface area contributed by atoms with Crippen molar-refractivity contribution in [2.45, 2.75) is 49.4 Å². The molecule has 0 saturated carbocycles. The Hall–Kier alpha value is -3.67. The van der Waals surface area contributed by atoms with E-state index in [0.29, 0.717) is 17.3 Å². The Morgan fingerprint density at radius 3 is 2.46 bits per heavy atom. The third-order valence-electron chi connectivity index (χ3n) is 5.89. The lowest BCUT2D eigenvalue weighted by atomic mass is 10.1. The quantitative estimate of drug-likeness (QED) is 0.318. The molecule has 1 aliphatic heterocycles. The number of carbonyl (C=O) groups excluding carboxylic acids is 1. The van der Waals surface area contributed by atoms with Crippen molar-refractivity contribution in [2.24, 2.45) is 0 Å².